The van der Waals surface area contributed by atoms with Crippen molar-refractivity contribution in [1.82, 2.24) is 0 Å². The van der Waals surface area contributed by atoms with Crippen LogP contribution in [0.5, 0.6) is 5.75 Å². The van der Waals surface area contributed by atoms with Gasteiger partial charge in [0.2, 0.25) is 0 Å². The molecule has 2 heteroatoms. The second-order valence-corrected chi connectivity index (χ2v) is 3.95. The van der Waals surface area contributed by atoms with Crippen molar-refractivity contribution >= 4 is 11.8 Å². The molecule has 0 amide bonds. The average Bonchev–Trinajstić information content (AvgIpc) is 2.01. The van der Waals surface area contributed by atoms with E-state index in [2.05, 4.69) is 31.3 Å². The van der Waals surface area contributed by atoms with E-state index in [4.69, 9.17) is 0 Å². The fraction of sp³-hybridized carbons (Fsp3) is 0.273. The van der Waals surface area contributed by atoms with Gasteiger partial charge >= 0.3 is 0 Å². The Labute approximate surface area is 77.9 Å². The number of aromatic hydroxyl groups is 1. The van der Waals surface area contributed by atoms with Gasteiger partial charge in [-0.1, -0.05) is 12.2 Å². The molecule has 0 spiro atoms. The molecule has 1 heterocycles. The summed E-state index contributed by atoms with van der Waals surface area (Å²) >= 11 is 0. The van der Waals surface area contributed by atoms with E-state index in [0.29, 0.717) is 5.75 Å². The highest BCUT2D eigenvalue weighted by Gasteiger charge is 2.18. The van der Waals surface area contributed by atoms with Crippen LogP contribution in [-0.2, 0) is 0 Å². The Morgan fingerprint density at radius 1 is 1.31 bits per heavy atom. The highest BCUT2D eigenvalue weighted by molar-refractivity contribution is 5.73. The van der Waals surface area contributed by atoms with Crippen LogP contribution in [0.15, 0.2) is 24.3 Å². The van der Waals surface area contributed by atoms with Gasteiger partial charge in [0, 0.05) is 11.8 Å². The standard InChI is InChI=1S/C11H13NO/c1-11(2)6-5-8-3-4-9(13)7-10(8)12-11/h3-7,12-13H,1-2H3. The Balaban J connectivity index is 2.48. The molecule has 0 aromatic heterocycles. The normalized spacial score (nSPS) is 17.7. The summed E-state index contributed by atoms with van der Waals surface area (Å²) in [5, 5.41) is 12.6. The van der Waals surface area contributed by atoms with Gasteiger partial charge in [-0.3, -0.25) is 0 Å². The number of phenolic OH excluding ortho intramolecular Hbond substituents is 1. The summed E-state index contributed by atoms with van der Waals surface area (Å²) in [5.74, 6) is 0.303. The zero-order chi connectivity index (χ0) is 9.47. The summed E-state index contributed by atoms with van der Waals surface area (Å²) in [6.45, 7) is 4.19. The van der Waals surface area contributed by atoms with E-state index in [1.165, 1.54) is 0 Å². The van der Waals surface area contributed by atoms with E-state index in [-0.39, 0.29) is 5.54 Å². The lowest BCUT2D eigenvalue weighted by Crippen LogP contribution is -2.30. The molecule has 0 bridgehead atoms. The van der Waals surface area contributed by atoms with Gasteiger partial charge in [-0.2, -0.15) is 0 Å². The van der Waals surface area contributed by atoms with Crippen LogP contribution in [0.1, 0.15) is 19.4 Å². The van der Waals surface area contributed by atoms with Crippen LogP contribution in [0, 0.1) is 0 Å². The van der Waals surface area contributed by atoms with E-state index < -0.39 is 0 Å². The number of fused-ring (bicyclic) bond motifs is 1. The maximum atomic E-state index is 9.29. The van der Waals surface area contributed by atoms with Crippen molar-refractivity contribution in [2.45, 2.75) is 19.4 Å². The van der Waals surface area contributed by atoms with Crippen molar-refractivity contribution in [2.75, 3.05) is 5.32 Å². The van der Waals surface area contributed by atoms with E-state index in [9.17, 15) is 5.11 Å². The number of phenols is 1. The molecular weight excluding hydrogens is 162 g/mol. The maximum Gasteiger partial charge on any atom is 0.117 e. The van der Waals surface area contributed by atoms with E-state index >= 15 is 0 Å². The van der Waals surface area contributed by atoms with Gasteiger partial charge in [0.1, 0.15) is 5.75 Å². The smallest absolute Gasteiger partial charge is 0.117 e. The zero-order valence-electron chi connectivity index (χ0n) is 7.83. The maximum absolute atomic E-state index is 9.29. The second kappa shape index (κ2) is 2.52. The lowest BCUT2D eigenvalue weighted by Gasteiger charge is -2.28. The molecule has 1 aliphatic heterocycles. The van der Waals surface area contributed by atoms with Crippen LogP contribution in [0.4, 0.5) is 5.69 Å². The SMILES string of the molecule is CC1(C)C=Cc2ccc(O)cc2N1. The summed E-state index contributed by atoms with van der Waals surface area (Å²) in [7, 11) is 0. The molecule has 1 aromatic carbocycles. The molecule has 0 atom stereocenters. The van der Waals surface area contributed by atoms with Crippen LogP contribution >= 0.6 is 0 Å². The van der Waals surface area contributed by atoms with Crippen LogP contribution in [0.2, 0.25) is 0 Å². The quantitative estimate of drug-likeness (QED) is 0.635. The van der Waals surface area contributed by atoms with E-state index in [0.717, 1.165) is 11.3 Å². The second-order valence-electron chi connectivity index (χ2n) is 3.95. The molecule has 2 nitrogen and oxygen atoms in total. The Kier molecular flexibility index (Phi) is 1.59. The van der Waals surface area contributed by atoms with Crippen molar-refractivity contribution < 1.29 is 5.11 Å². The highest BCUT2D eigenvalue weighted by atomic mass is 16.3. The number of anilines is 1. The molecule has 0 unspecified atom stereocenters. The summed E-state index contributed by atoms with van der Waals surface area (Å²) in [6.07, 6.45) is 4.19. The molecule has 1 aliphatic rings. The number of rotatable bonds is 0. The number of nitrogens with one attached hydrogen (secondary N) is 1. The van der Waals surface area contributed by atoms with Gasteiger partial charge in [0.05, 0.1) is 5.54 Å². The highest BCUT2D eigenvalue weighted by Crippen LogP contribution is 2.30. The molecule has 0 saturated carbocycles. The Morgan fingerprint density at radius 3 is 2.85 bits per heavy atom. The molecule has 0 saturated heterocycles. The molecule has 0 aliphatic carbocycles. The molecule has 2 N–H and O–H groups in total. The van der Waals surface area contributed by atoms with Crippen molar-refractivity contribution in [3.8, 4) is 5.75 Å². The fourth-order valence-corrected chi connectivity index (χ4v) is 1.48. The predicted octanol–water partition coefficient (Wildman–Crippen LogP) is 2.61. The molecule has 68 valence electrons. The monoisotopic (exact) mass is 175 g/mol. The van der Waals surface area contributed by atoms with Gasteiger partial charge in [-0.05, 0) is 31.5 Å². The van der Waals surface area contributed by atoms with Gasteiger partial charge < -0.3 is 10.4 Å². The van der Waals surface area contributed by atoms with Gasteiger partial charge in [0.25, 0.3) is 0 Å². The third-order valence-corrected chi connectivity index (χ3v) is 2.17. The Hall–Kier alpha value is -1.44. The first-order chi connectivity index (χ1) is 6.07. The summed E-state index contributed by atoms with van der Waals surface area (Å²) < 4.78 is 0. The molecule has 13 heavy (non-hydrogen) atoms. The Morgan fingerprint density at radius 2 is 2.08 bits per heavy atom. The van der Waals surface area contributed by atoms with Gasteiger partial charge in [-0.15, -0.1) is 0 Å². The number of benzene rings is 1. The zero-order valence-corrected chi connectivity index (χ0v) is 7.83. The van der Waals surface area contributed by atoms with Crippen molar-refractivity contribution in [2.24, 2.45) is 0 Å². The van der Waals surface area contributed by atoms with Crippen LogP contribution in [0.3, 0.4) is 0 Å². The first kappa shape index (κ1) is 8.17. The van der Waals surface area contributed by atoms with Crippen LogP contribution in [-0.4, -0.2) is 10.6 Å². The fourth-order valence-electron chi connectivity index (χ4n) is 1.48. The molecule has 0 radical (unpaired) electrons. The minimum atomic E-state index is -0.0270. The van der Waals surface area contributed by atoms with Crippen LogP contribution < -0.4 is 5.32 Å². The summed E-state index contributed by atoms with van der Waals surface area (Å²) in [5.41, 5.74) is 2.09. The minimum Gasteiger partial charge on any atom is -0.508 e. The van der Waals surface area contributed by atoms with Crippen molar-refractivity contribution in [3.63, 3.8) is 0 Å². The average molecular weight is 175 g/mol. The molecular formula is C11H13NO. The van der Waals surface area contributed by atoms with Crippen LogP contribution in [0.25, 0.3) is 6.08 Å². The third-order valence-electron chi connectivity index (χ3n) is 2.17. The number of hydrogen-bond donors (Lipinski definition) is 2. The Bertz CT molecular complexity index is 366. The molecule has 1 aromatic rings. The first-order valence-electron chi connectivity index (χ1n) is 4.37. The summed E-state index contributed by atoms with van der Waals surface area (Å²) in [6, 6.07) is 5.35. The lowest BCUT2D eigenvalue weighted by atomic mass is 9.97. The minimum absolute atomic E-state index is 0.0270. The third kappa shape index (κ3) is 1.52. The largest absolute Gasteiger partial charge is 0.508 e. The predicted molar refractivity (Wildman–Crippen MR) is 54.8 cm³/mol. The van der Waals surface area contributed by atoms with Crippen molar-refractivity contribution in [3.05, 3.63) is 29.8 Å². The lowest BCUT2D eigenvalue weighted by molar-refractivity contribution is 0.475. The first-order valence-corrected chi connectivity index (χ1v) is 4.37. The van der Waals surface area contributed by atoms with Crippen molar-refractivity contribution in [1.29, 1.82) is 0 Å². The van der Waals surface area contributed by atoms with Gasteiger partial charge in [0.15, 0.2) is 0 Å². The van der Waals surface area contributed by atoms with E-state index in [1.807, 2.05) is 6.07 Å². The van der Waals surface area contributed by atoms with E-state index in [1.54, 1.807) is 12.1 Å². The van der Waals surface area contributed by atoms with Gasteiger partial charge in [-0.25, -0.2) is 0 Å². The molecule has 0 fully saturated rings. The molecule has 2 rings (SSSR count). The topological polar surface area (TPSA) is 32.3 Å². The summed E-state index contributed by atoms with van der Waals surface area (Å²) in [4.78, 5) is 0. The number of hydrogen-bond acceptors (Lipinski definition) is 2.